The van der Waals surface area contributed by atoms with E-state index in [9.17, 15) is 25.0 Å². The molecule has 11 nitrogen and oxygen atoms in total. The van der Waals surface area contributed by atoms with Crippen molar-refractivity contribution in [3.63, 3.8) is 0 Å². The predicted octanol–water partition coefficient (Wildman–Crippen LogP) is 0.986. The van der Waals surface area contributed by atoms with Gasteiger partial charge in [0.1, 0.15) is 13.2 Å². The molecule has 11 heteroatoms. The molecular formula is C12H21N3O8. The molecule has 0 N–H and O–H groups in total. The summed E-state index contributed by atoms with van der Waals surface area (Å²) >= 11 is 0. The molecule has 1 saturated heterocycles. The van der Waals surface area contributed by atoms with Gasteiger partial charge in [-0.3, -0.25) is 4.79 Å². The summed E-state index contributed by atoms with van der Waals surface area (Å²) in [6.07, 6.45) is 0. The van der Waals surface area contributed by atoms with Gasteiger partial charge in [-0.1, -0.05) is 0 Å². The molecule has 0 saturated carbocycles. The normalized spacial score (nSPS) is 25.6. The number of nitrogens with zero attached hydrogens (tertiary/aromatic N) is 3. The first-order chi connectivity index (χ1) is 10.4. The average Bonchev–Trinajstić information content (AvgIpc) is 2.50. The van der Waals surface area contributed by atoms with Crippen LogP contribution in [0.5, 0.6) is 0 Å². The SMILES string of the molecule is CC(=O)ON1C(C)(C)C(CO[N+](=O)[O-])C(CO[N+](=O)[O-])C1(C)C. The smallest absolute Gasteiger partial charge is 0.322 e. The highest BCUT2D eigenvalue weighted by atomic mass is 17.0. The molecule has 1 aliphatic rings. The topological polar surface area (TPSA) is 134 Å². The van der Waals surface area contributed by atoms with Crippen molar-refractivity contribution >= 4 is 5.97 Å². The third kappa shape index (κ3) is 3.97. The van der Waals surface area contributed by atoms with Crippen molar-refractivity contribution in [3.8, 4) is 0 Å². The Morgan fingerprint density at radius 1 is 1.00 bits per heavy atom. The van der Waals surface area contributed by atoms with Crippen molar-refractivity contribution in [3.05, 3.63) is 20.2 Å². The van der Waals surface area contributed by atoms with Gasteiger partial charge in [0.05, 0.1) is 11.1 Å². The van der Waals surface area contributed by atoms with Gasteiger partial charge in [0.15, 0.2) is 0 Å². The van der Waals surface area contributed by atoms with Crippen molar-refractivity contribution in [2.45, 2.75) is 45.7 Å². The molecule has 0 aromatic heterocycles. The Morgan fingerprint density at radius 3 is 1.61 bits per heavy atom. The van der Waals surface area contributed by atoms with Crippen LogP contribution in [0.4, 0.5) is 0 Å². The molecule has 1 fully saturated rings. The van der Waals surface area contributed by atoms with E-state index in [2.05, 4.69) is 9.68 Å². The van der Waals surface area contributed by atoms with Crippen LogP contribution in [0.2, 0.25) is 0 Å². The number of carbonyl (C=O) groups is 1. The molecule has 1 aliphatic heterocycles. The fourth-order valence-electron chi connectivity index (χ4n) is 3.31. The molecule has 23 heavy (non-hydrogen) atoms. The van der Waals surface area contributed by atoms with Gasteiger partial charge in [0.25, 0.3) is 10.2 Å². The molecule has 0 spiro atoms. The quantitative estimate of drug-likeness (QED) is 0.493. The van der Waals surface area contributed by atoms with Gasteiger partial charge in [-0.25, -0.2) is 0 Å². The standard InChI is InChI=1S/C12H21N3O8/c1-8(16)23-13-11(2,3)9(6-21-14(17)18)10(12(13,4)5)7-22-15(19)20/h9-10H,6-7H2,1-5H3. The second kappa shape index (κ2) is 6.52. The molecule has 132 valence electrons. The fourth-order valence-corrected chi connectivity index (χ4v) is 3.31. The highest BCUT2D eigenvalue weighted by Crippen LogP contribution is 2.49. The lowest BCUT2D eigenvalue weighted by molar-refractivity contribution is -0.763. The lowest BCUT2D eigenvalue weighted by Crippen LogP contribution is -2.51. The van der Waals surface area contributed by atoms with E-state index in [1.54, 1.807) is 27.7 Å². The van der Waals surface area contributed by atoms with Crippen LogP contribution in [0.3, 0.4) is 0 Å². The second-order valence-corrected chi connectivity index (χ2v) is 6.44. The van der Waals surface area contributed by atoms with Gasteiger partial charge < -0.3 is 14.5 Å². The van der Waals surface area contributed by atoms with Gasteiger partial charge in [-0.15, -0.1) is 25.3 Å². The van der Waals surface area contributed by atoms with Crippen molar-refractivity contribution < 1.29 is 29.5 Å². The second-order valence-electron chi connectivity index (χ2n) is 6.44. The number of rotatable bonds is 7. The molecule has 0 aliphatic carbocycles. The van der Waals surface area contributed by atoms with Crippen LogP contribution in [0.15, 0.2) is 0 Å². The zero-order chi connectivity index (χ0) is 18.0. The van der Waals surface area contributed by atoms with E-state index in [0.29, 0.717) is 0 Å². The summed E-state index contributed by atoms with van der Waals surface area (Å²) in [7, 11) is 0. The first kappa shape index (κ1) is 18.9. The van der Waals surface area contributed by atoms with E-state index < -0.39 is 39.1 Å². The maximum absolute atomic E-state index is 11.4. The molecule has 0 aromatic rings. The highest BCUT2D eigenvalue weighted by Gasteiger charge is 2.60. The molecule has 0 aromatic carbocycles. The van der Waals surface area contributed by atoms with Crippen LogP contribution in [0.1, 0.15) is 34.6 Å². The van der Waals surface area contributed by atoms with Crippen LogP contribution < -0.4 is 0 Å². The summed E-state index contributed by atoms with van der Waals surface area (Å²) in [6, 6.07) is 0. The molecule has 0 bridgehead atoms. The van der Waals surface area contributed by atoms with E-state index in [-0.39, 0.29) is 13.2 Å². The molecule has 0 amide bonds. The number of hydrogen-bond acceptors (Lipinski definition) is 9. The Morgan fingerprint density at radius 2 is 1.35 bits per heavy atom. The zero-order valence-corrected chi connectivity index (χ0v) is 13.7. The summed E-state index contributed by atoms with van der Waals surface area (Å²) in [4.78, 5) is 46.6. The summed E-state index contributed by atoms with van der Waals surface area (Å²) in [6.45, 7) is 7.51. The van der Waals surface area contributed by atoms with E-state index in [4.69, 9.17) is 4.84 Å². The maximum atomic E-state index is 11.4. The van der Waals surface area contributed by atoms with Gasteiger partial charge in [0, 0.05) is 18.8 Å². The molecule has 1 heterocycles. The molecule has 2 atom stereocenters. The summed E-state index contributed by atoms with van der Waals surface area (Å²) < 4.78 is 0. The average molecular weight is 335 g/mol. The predicted molar refractivity (Wildman–Crippen MR) is 74.6 cm³/mol. The monoisotopic (exact) mass is 335 g/mol. The van der Waals surface area contributed by atoms with Crippen molar-refractivity contribution in [1.29, 1.82) is 0 Å². The minimum atomic E-state index is -0.928. The molecule has 0 radical (unpaired) electrons. The minimum absolute atomic E-state index is 0.299. The highest BCUT2D eigenvalue weighted by molar-refractivity contribution is 5.65. The molecule has 1 rings (SSSR count). The van der Waals surface area contributed by atoms with Gasteiger partial charge in [-0.2, -0.15) is 0 Å². The summed E-state index contributed by atoms with van der Waals surface area (Å²) in [5, 5.41) is 20.6. The summed E-state index contributed by atoms with van der Waals surface area (Å²) in [5.74, 6) is -1.64. The van der Waals surface area contributed by atoms with Gasteiger partial charge in [-0.05, 0) is 27.7 Å². The lowest BCUT2D eigenvalue weighted by Gasteiger charge is -2.39. The van der Waals surface area contributed by atoms with Crippen LogP contribution in [-0.2, 0) is 19.3 Å². The van der Waals surface area contributed by atoms with Crippen LogP contribution in [-0.4, -0.2) is 45.5 Å². The van der Waals surface area contributed by atoms with E-state index in [0.717, 1.165) is 0 Å². The third-order valence-corrected chi connectivity index (χ3v) is 4.29. The van der Waals surface area contributed by atoms with E-state index in [1.807, 2.05) is 0 Å². The van der Waals surface area contributed by atoms with Crippen molar-refractivity contribution in [2.24, 2.45) is 11.8 Å². The third-order valence-electron chi connectivity index (χ3n) is 4.29. The molecular weight excluding hydrogens is 314 g/mol. The van der Waals surface area contributed by atoms with Crippen molar-refractivity contribution in [1.82, 2.24) is 5.06 Å². The number of carbonyl (C=O) groups excluding carboxylic acids is 1. The Bertz CT molecular complexity index is 457. The lowest BCUT2D eigenvalue weighted by atomic mass is 9.78. The fraction of sp³-hybridized carbons (Fsp3) is 0.917. The largest absolute Gasteiger partial charge is 0.367 e. The molecule has 2 unspecified atom stereocenters. The van der Waals surface area contributed by atoms with Crippen LogP contribution in [0.25, 0.3) is 0 Å². The first-order valence-corrected chi connectivity index (χ1v) is 6.94. The Labute approximate surface area is 132 Å². The number of hydrogen-bond donors (Lipinski definition) is 0. The van der Waals surface area contributed by atoms with E-state index in [1.165, 1.54) is 12.0 Å². The maximum Gasteiger partial charge on any atom is 0.322 e. The Balaban J connectivity index is 3.15. The number of hydroxylamine groups is 2. The van der Waals surface area contributed by atoms with Gasteiger partial charge in [0.2, 0.25) is 0 Å². The van der Waals surface area contributed by atoms with Gasteiger partial charge >= 0.3 is 5.97 Å². The summed E-state index contributed by atoms with van der Waals surface area (Å²) in [5.41, 5.74) is -1.70. The minimum Gasteiger partial charge on any atom is -0.367 e. The first-order valence-electron chi connectivity index (χ1n) is 6.94. The Kier molecular flexibility index (Phi) is 5.35. The van der Waals surface area contributed by atoms with Crippen molar-refractivity contribution in [2.75, 3.05) is 13.2 Å². The van der Waals surface area contributed by atoms with E-state index >= 15 is 0 Å². The van der Waals surface area contributed by atoms with Crippen LogP contribution in [0, 0.1) is 32.1 Å². The Hall–Kier alpha value is -2.17. The van der Waals surface area contributed by atoms with Crippen LogP contribution >= 0.6 is 0 Å². The zero-order valence-electron chi connectivity index (χ0n) is 13.7.